The van der Waals surface area contributed by atoms with Gasteiger partial charge in [0.2, 0.25) is 0 Å². The summed E-state index contributed by atoms with van der Waals surface area (Å²) in [7, 11) is 0. The van der Waals surface area contributed by atoms with Crippen molar-refractivity contribution in [1.82, 2.24) is 10.6 Å². The summed E-state index contributed by atoms with van der Waals surface area (Å²) in [6.07, 6.45) is 0. The number of ether oxygens (including phenoxy) is 1. The average molecular weight is 368 g/mol. The highest BCUT2D eigenvalue weighted by atomic mass is 16.5. The summed E-state index contributed by atoms with van der Waals surface area (Å²) in [5.41, 5.74) is 3.50. The Balaban J connectivity index is 1.51. The van der Waals surface area contributed by atoms with Crippen LogP contribution in [0, 0.1) is 0 Å². The molecule has 1 fully saturated rings. The maximum absolute atomic E-state index is 12.2. The summed E-state index contributed by atoms with van der Waals surface area (Å²) in [6, 6.07) is 14.8. The molecule has 0 bridgehead atoms. The maximum atomic E-state index is 12.2. The molecule has 3 N–H and O–H groups in total. The topological polar surface area (TPSA) is 82.7 Å². The molecule has 0 saturated carbocycles. The lowest BCUT2D eigenvalue weighted by molar-refractivity contribution is 0.134. The van der Waals surface area contributed by atoms with Crippen molar-refractivity contribution >= 4 is 23.4 Å². The second kappa shape index (κ2) is 9.05. The van der Waals surface area contributed by atoms with Gasteiger partial charge in [-0.1, -0.05) is 30.3 Å². The van der Waals surface area contributed by atoms with Crippen molar-refractivity contribution in [3.05, 3.63) is 59.7 Å². The zero-order valence-corrected chi connectivity index (χ0v) is 15.3. The Morgan fingerprint density at radius 2 is 1.96 bits per heavy atom. The van der Waals surface area contributed by atoms with E-state index in [2.05, 4.69) is 16.0 Å². The summed E-state index contributed by atoms with van der Waals surface area (Å²) in [6.45, 7) is 4.92. The van der Waals surface area contributed by atoms with E-state index in [-0.39, 0.29) is 12.1 Å². The molecular weight excluding hydrogens is 344 g/mol. The van der Waals surface area contributed by atoms with Gasteiger partial charge in [0, 0.05) is 37.6 Å². The molecular formula is C20H24N4O3. The number of urea groups is 2. The Morgan fingerprint density at radius 3 is 2.67 bits per heavy atom. The van der Waals surface area contributed by atoms with Crippen LogP contribution in [0.5, 0.6) is 0 Å². The molecule has 1 aliphatic rings. The normalized spacial score (nSPS) is 13.4. The fourth-order valence-electron chi connectivity index (χ4n) is 2.80. The number of nitrogens with one attached hydrogen (secondary N) is 3. The van der Waals surface area contributed by atoms with Gasteiger partial charge in [-0.05, 0) is 36.2 Å². The van der Waals surface area contributed by atoms with E-state index in [1.165, 1.54) is 0 Å². The first kappa shape index (κ1) is 18.7. The van der Waals surface area contributed by atoms with Gasteiger partial charge in [-0.25, -0.2) is 9.59 Å². The van der Waals surface area contributed by atoms with Gasteiger partial charge < -0.3 is 20.7 Å². The molecule has 7 nitrogen and oxygen atoms in total. The minimum Gasteiger partial charge on any atom is -0.377 e. The average Bonchev–Trinajstić information content (AvgIpc) is 3.12. The second-order valence-corrected chi connectivity index (χ2v) is 6.20. The highest BCUT2D eigenvalue weighted by Gasteiger charge is 2.21. The molecule has 0 unspecified atom stereocenters. The van der Waals surface area contributed by atoms with Crippen LogP contribution in [0.3, 0.4) is 0 Å². The molecule has 1 heterocycles. The molecule has 0 spiro atoms. The quantitative estimate of drug-likeness (QED) is 0.702. The van der Waals surface area contributed by atoms with Crippen molar-refractivity contribution < 1.29 is 14.3 Å². The van der Waals surface area contributed by atoms with E-state index in [1.54, 1.807) is 17.0 Å². The first-order valence-corrected chi connectivity index (χ1v) is 9.01. The number of amides is 4. The van der Waals surface area contributed by atoms with Crippen LogP contribution >= 0.6 is 0 Å². The van der Waals surface area contributed by atoms with Gasteiger partial charge in [0.15, 0.2) is 0 Å². The largest absolute Gasteiger partial charge is 0.377 e. The van der Waals surface area contributed by atoms with E-state index in [4.69, 9.17) is 4.74 Å². The van der Waals surface area contributed by atoms with E-state index >= 15 is 0 Å². The molecule has 1 aliphatic heterocycles. The fraction of sp³-hybridized carbons (Fsp3) is 0.300. The predicted octanol–water partition coefficient (Wildman–Crippen LogP) is 3.07. The molecule has 142 valence electrons. The Labute approximate surface area is 158 Å². The van der Waals surface area contributed by atoms with E-state index in [0.29, 0.717) is 38.5 Å². The van der Waals surface area contributed by atoms with Gasteiger partial charge in [-0.2, -0.15) is 0 Å². The van der Waals surface area contributed by atoms with Crippen molar-refractivity contribution in [3.63, 3.8) is 0 Å². The van der Waals surface area contributed by atoms with E-state index in [9.17, 15) is 9.59 Å². The van der Waals surface area contributed by atoms with E-state index in [1.807, 2.05) is 43.3 Å². The van der Waals surface area contributed by atoms with Crippen LogP contribution in [0.2, 0.25) is 0 Å². The number of carbonyl (C=O) groups is 2. The number of rotatable bonds is 7. The van der Waals surface area contributed by atoms with Crippen LogP contribution in [0.25, 0.3) is 0 Å². The van der Waals surface area contributed by atoms with Crippen LogP contribution in [-0.2, 0) is 17.9 Å². The molecule has 2 aromatic rings. The highest BCUT2D eigenvalue weighted by Crippen LogP contribution is 2.20. The molecule has 0 aliphatic carbocycles. The number of carbonyl (C=O) groups excluding carboxylic acids is 2. The Hall–Kier alpha value is -3.06. The standard InChI is InChI=1S/C20H24N4O3/c1-2-27-14-16-8-6-15(7-9-16)13-22-19(25)23-17-4-3-5-18(12-17)24-11-10-21-20(24)26/h3-9,12H,2,10-11,13-14H2,1H3,(H,21,26)(H2,22,23,25). The van der Waals surface area contributed by atoms with Crippen molar-refractivity contribution in [3.8, 4) is 0 Å². The minimum atomic E-state index is -0.295. The molecule has 7 heteroatoms. The van der Waals surface area contributed by atoms with Gasteiger partial charge in [0.25, 0.3) is 0 Å². The van der Waals surface area contributed by atoms with Crippen LogP contribution in [0.1, 0.15) is 18.1 Å². The maximum Gasteiger partial charge on any atom is 0.321 e. The number of hydrogen-bond acceptors (Lipinski definition) is 3. The van der Waals surface area contributed by atoms with Gasteiger partial charge in [-0.15, -0.1) is 0 Å². The predicted molar refractivity (Wildman–Crippen MR) is 105 cm³/mol. The monoisotopic (exact) mass is 368 g/mol. The highest BCUT2D eigenvalue weighted by molar-refractivity contribution is 5.95. The number of hydrogen-bond donors (Lipinski definition) is 3. The minimum absolute atomic E-state index is 0.121. The fourth-order valence-corrected chi connectivity index (χ4v) is 2.80. The first-order valence-electron chi connectivity index (χ1n) is 9.01. The third-order valence-electron chi connectivity index (χ3n) is 4.22. The van der Waals surface area contributed by atoms with Crippen molar-refractivity contribution in [2.45, 2.75) is 20.1 Å². The van der Waals surface area contributed by atoms with Crippen molar-refractivity contribution in [2.24, 2.45) is 0 Å². The number of nitrogens with zero attached hydrogens (tertiary/aromatic N) is 1. The Kier molecular flexibility index (Phi) is 6.27. The van der Waals surface area contributed by atoms with Gasteiger partial charge >= 0.3 is 12.1 Å². The Bertz CT molecular complexity index is 792. The zero-order chi connectivity index (χ0) is 19.1. The third-order valence-corrected chi connectivity index (χ3v) is 4.22. The molecule has 0 atom stereocenters. The molecule has 3 rings (SSSR count). The van der Waals surface area contributed by atoms with E-state index < -0.39 is 0 Å². The smallest absolute Gasteiger partial charge is 0.321 e. The lowest BCUT2D eigenvalue weighted by Gasteiger charge is -2.15. The molecule has 2 aromatic carbocycles. The molecule has 27 heavy (non-hydrogen) atoms. The van der Waals surface area contributed by atoms with Crippen LogP contribution in [0.4, 0.5) is 21.0 Å². The lowest BCUT2D eigenvalue weighted by Crippen LogP contribution is -2.29. The lowest BCUT2D eigenvalue weighted by atomic mass is 10.1. The van der Waals surface area contributed by atoms with Crippen molar-refractivity contribution in [2.75, 3.05) is 29.9 Å². The molecule has 0 aromatic heterocycles. The summed E-state index contributed by atoms with van der Waals surface area (Å²) in [4.78, 5) is 25.6. The van der Waals surface area contributed by atoms with Gasteiger partial charge in [0.05, 0.1) is 6.61 Å². The third kappa shape index (κ3) is 5.21. The SMILES string of the molecule is CCOCc1ccc(CNC(=O)Nc2cccc(N3CCNC3=O)c2)cc1. The summed E-state index contributed by atoms with van der Waals surface area (Å²) < 4.78 is 5.37. The molecule has 1 saturated heterocycles. The van der Waals surface area contributed by atoms with Crippen LogP contribution in [0.15, 0.2) is 48.5 Å². The van der Waals surface area contributed by atoms with Crippen LogP contribution in [-0.4, -0.2) is 31.8 Å². The second-order valence-electron chi connectivity index (χ2n) is 6.20. The Morgan fingerprint density at radius 1 is 1.19 bits per heavy atom. The molecule has 4 amide bonds. The number of benzene rings is 2. The van der Waals surface area contributed by atoms with Crippen LogP contribution < -0.4 is 20.9 Å². The van der Waals surface area contributed by atoms with Gasteiger partial charge in [-0.3, -0.25) is 4.90 Å². The summed E-state index contributed by atoms with van der Waals surface area (Å²) in [5.74, 6) is 0. The zero-order valence-electron chi connectivity index (χ0n) is 15.3. The van der Waals surface area contributed by atoms with Gasteiger partial charge in [0.1, 0.15) is 0 Å². The molecule has 0 radical (unpaired) electrons. The summed E-state index contributed by atoms with van der Waals surface area (Å²) in [5, 5.41) is 8.40. The number of anilines is 2. The summed E-state index contributed by atoms with van der Waals surface area (Å²) >= 11 is 0. The van der Waals surface area contributed by atoms with E-state index in [0.717, 1.165) is 16.8 Å². The first-order chi connectivity index (χ1) is 13.2. The van der Waals surface area contributed by atoms with Crippen molar-refractivity contribution in [1.29, 1.82) is 0 Å².